The van der Waals surface area contributed by atoms with E-state index in [4.69, 9.17) is 5.11 Å². The highest BCUT2D eigenvalue weighted by atomic mass is 32.2. The molecule has 0 atom stereocenters. The summed E-state index contributed by atoms with van der Waals surface area (Å²) in [7, 11) is -0.847. The first-order valence-electron chi connectivity index (χ1n) is 4.98. The van der Waals surface area contributed by atoms with Crippen LogP contribution in [-0.2, 0) is 15.6 Å². The molecular formula is C9H16N2O4S. The van der Waals surface area contributed by atoms with Gasteiger partial charge in [-0.15, -0.1) is 0 Å². The second-order valence-electron chi connectivity index (χ2n) is 4.20. The van der Waals surface area contributed by atoms with E-state index in [2.05, 4.69) is 5.32 Å². The molecule has 6 nitrogen and oxygen atoms in total. The van der Waals surface area contributed by atoms with Gasteiger partial charge in [-0.1, -0.05) is 0 Å². The standard InChI is InChI=1S/C9H16N2O4S/c1-9(2,7(12)13)10-8(14)11-3-5-16(15)6-4-11/h3-6H2,1-2H3,(H,10,14)(H,12,13). The average molecular weight is 248 g/mol. The summed E-state index contributed by atoms with van der Waals surface area (Å²) in [6.07, 6.45) is 0. The molecule has 1 aliphatic heterocycles. The van der Waals surface area contributed by atoms with Crippen LogP contribution in [0.15, 0.2) is 0 Å². The molecule has 0 spiro atoms. The summed E-state index contributed by atoms with van der Waals surface area (Å²) in [4.78, 5) is 24.0. The van der Waals surface area contributed by atoms with Gasteiger partial charge in [-0.2, -0.15) is 0 Å². The molecule has 0 radical (unpaired) electrons. The van der Waals surface area contributed by atoms with Crippen LogP contribution < -0.4 is 5.32 Å². The largest absolute Gasteiger partial charge is 0.480 e. The van der Waals surface area contributed by atoms with Gasteiger partial charge in [0.2, 0.25) is 0 Å². The van der Waals surface area contributed by atoms with Crippen molar-refractivity contribution < 1.29 is 18.9 Å². The first-order chi connectivity index (χ1) is 7.33. The summed E-state index contributed by atoms with van der Waals surface area (Å²) in [5.41, 5.74) is -1.28. The SMILES string of the molecule is CC(C)(NC(=O)N1CCS(=O)CC1)C(=O)O. The third kappa shape index (κ3) is 3.19. The zero-order chi connectivity index (χ0) is 12.3. The lowest BCUT2D eigenvalue weighted by atomic mass is 10.1. The monoisotopic (exact) mass is 248 g/mol. The first kappa shape index (κ1) is 13.0. The lowest BCUT2D eigenvalue weighted by Crippen LogP contribution is -2.56. The lowest BCUT2D eigenvalue weighted by Gasteiger charge is -2.30. The molecule has 16 heavy (non-hydrogen) atoms. The van der Waals surface area contributed by atoms with Crippen molar-refractivity contribution in [2.75, 3.05) is 24.6 Å². The summed E-state index contributed by atoms with van der Waals surface area (Å²) in [5.74, 6) is -0.164. The van der Waals surface area contributed by atoms with E-state index in [0.717, 1.165) is 0 Å². The van der Waals surface area contributed by atoms with Gasteiger partial charge in [-0.05, 0) is 13.8 Å². The molecule has 92 valence electrons. The van der Waals surface area contributed by atoms with Crippen LogP contribution in [0.5, 0.6) is 0 Å². The molecule has 1 aliphatic rings. The summed E-state index contributed by atoms with van der Waals surface area (Å²) < 4.78 is 11.1. The van der Waals surface area contributed by atoms with Gasteiger partial charge in [0.05, 0.1) is 0 Å². The number of urea groups is 1. The van der Waals surface area contributed by atoms with Gasteiger partial charge in [-0.25, -0.2) is 9.59 Å². The van der Waals surface area contributed by atoms with E-state index in [9.17, 15) is 13.8 Å². The number of hydrogen-bond acceptors (Lipinski definition) is 3. The third-order valence-electron chi connectivity index (χ3n) is 2.42. The average Bonchev–Trinajstić information content (AvgIpc) is 2.17. The van der Waals surface area contributed by atoms with Gasteiger partial charge >= 0.3 is 12.0 Å². The number of aliphatic carboxylic acids is 1. The molecule has 0 saturated carbocycles. The predicted molar refractivity (Wildman–Crippen MR) is 59.7 cm³/mol. The summed E-state index contributed by atoms with van der Waals surface area (Å²) >= 11 is 0. The van der Waals surface area contributed by atoms with Crippen LogP contribution in [0.2, 0.25) is 0 Å². The zero-order valence-electron chi connectivity index (χ0n) is 9.36. The van der Waals surface area contributed by atoms with E-state index < -0.39 is 28.3 Å². The molecule has 0 bridgehead atoms. The van der Waals surface area contributed by atoms with Crippen molar-refractivity contribution in [2.24, 2.45) is 0 Å². The highest BCUT2D eigenvalue weighted by Crippen LogP contribution is 2.06. The minimum absolute atomic E-state index is 0.411. The summed E-state index contributed by atoms with van der Waals surface area (Å²) in [5, 5.41) is 11.3. The summed E-state index contributed by atoms with van der Waals surface area (Å²) in [6, 6.07) is -0.413. The number of nitrogens with zero attached hydrogens (tertiary/aromatic N) is 1. The van der Waals surface area contributed by atoms with Crippen LogP contribution in [0, 0.1) is 0 Å². The van der Waals surface area contributed by atoms with Gasteiger partial charge < -0.3 is 15.3 Å². The maximum atomic E-state index is 11.7. The Morgan fingerprint density at radius 3 is 2.25 bits per heavy atom. The zero-order valence-corrected chi connectivity index (χ0v) is 10.2. The number of amides is 2. The van der Waals surface area contributed by atoms with Gasteiger partial charge in [0.1, 0.15) is 5.54 Å². The number of carbonyl (C=O) groups is 2. The Morgan fingerprint density at radius 2 is 1.81 bits per heavy atom. The van der Waals surface area contributed by atoms with Gasteiger partial charge in [-0.3, -0.25) is 4.21 Å². The number of carboxylic acid groups (broad SMARTS) is 1. The molecule has 0 aromatic rings. The van der Waals surface area contributed by atoms with Crippen molar-refractivity contribution in [2.45, 2.75) is 19.4 Å². The maximum absolute atomic E-state index is 11.7. The predicted octanol–water partition coefficient (Wildman–Crippen LogP) is -0.376. The fourth-order valence-electron chi connectivity index (χ4n) is 1.24. The first-order valence-corrected chi connectivity index (χ1v) is 6.47. The van der Waals surface area contributed by atoms with E-state index in [1.807, 2.05) is 0 Å². The number of hydrogen-bond donors (Lipinski definition) is 2. The van der Waals surface area contributed by atoms with Crippen molar-refractivity contribution >= 4 is 22.8 Å². The van der Waals surface area contributed by atoms with E-state index >= 15 is 0 Å². The van der Waals surface area contributed by atoms with Crippen molar-refractivity contribution in [3.8, 4) is 0 Å². The molecule has 7 heteroatoms. The Morgan fingerprint density at radius 1 is 1.31 bits per heavy atom. The fraction of sp³-hybridized carbons (Fsp3) is 0.778. The van der Waals surface area contributed by atoms with Gasteiger partial charge in [0.15, 0.2) is 0 Å². The molecule has 2 amide bonds. The maximum Gasteiger partial charge on any atom is 0.328 e. The highest BCUT2D eigenvalue weighted by Gasteiger charge is 2.31. The summed E-state index contributed by atoms with van der Waals surface area (Å²) in [6.45, 7) is 3.67. The molecule has 0 aromatic carbocycles. The number of carboxylic acids is 1. The van der Waals surface area contributed by atoms with Crippen LogP contribution in [0.4, 0.5) is 4.79 Å². The van der Waals surface area contributed by atoms with E-state index in [-0.39, 0.29) is 0 Å². The van der Waals surface area contributed by atoms with Crippen molar-refractivity contribution in [1.29, 1.82) is 0 Å². The minimum Gasteiger partial charge on any atom is -0.480 e. The Labute approximate surface area is 96.5 Å². The lowest BCUT2D eigenvalue weighted by molar-refractivity contribution is -0.143. The molecule has 1 saturated heterocycles. The third-order valence-corrected chi connectivity index (χ3v) is 3.69. The van der Waals surface area contributed by atoms with Crippen molar-refractivity contribution in [1.82, 2.24) is 10.2 Å². The highest BCUT2D eigenvalue weighted by molar-refractivity contribution is 7.85. The molecule has 1 heterocycles. The molecule has 0 unspecified atom stereocenters. The van der Waals surface area contributed by atoms with Crippen LogP contribution in [0.1, 0.15) is 13.8 Å². The Hall–Kier alpha value is -1.11. The van der Waals surface area contributed by atoms with E-state index in [1.165, 1.54) is 18.7 Å². The number of carbonyl (C=O) groups excluding carboxylic acids is 1. The Bertz CT molecular complexity index is 319. The second-order valence-corrected chi connectivity index (χ2v) is 5.89. The molecule has 1 rings (SSSR count). The van der Waals surface area contributed by atoms with Gasteiger partial charge in [0, 0.05) is 35.4 Å². The van der Waals surface area contributed by atoms with Crippen molar-refractivity contribution in [3.05, 3.63) is 0 Å². The Kier molecular flexibility index (Phi) is 3.90. The Balaban J connectivity index is 2.53. The molecular weight excluding hydrogens is 232 g/mol. The van der Waals surface area contributed by atoms with Crippen LogP contribution in [-0.4, -0.2) is 56.3 Å². The van der Waals surface area contributed by atoms with Crippen molar-refractivity contribution in [3.63, 3.8) is 0 Å². The normalized spacial score (nSPS) is 18.2. The van der Waals surface area contributed by atoms with Gasteiger partial charge in [0.25, 0.3) is 0 Å². The number of nitrogens with one attached hydrogen (secondary N) is 1. The fourth-order valence-corrected chi connectivity index (χ4v) is 2.29. The van der Waals surface area contributed by atoms with E-state index in [0.29, 0.717) is 24.6 Å². The van der Waals surface area contributed by atoms with E-state index in [1.54, 1.807) is 0 Å². The molecule has 2 N–H and O–H groups in total. The van der Waals surface area contributed by atoms with Crippen LogP contribution >= 0.6 is 0 Å². The quantitative estimate of drug-likeness (QED) is 0.697. The molecule has 1 fully saturated rings. The second kappa shape index (κ2) is 4.82. The van der Waals surface area contributed by atoms with Crippen LogP contribution in [0.25, 0.3) is 0 Å². The topological polar surface area (TPSA) is 86.7 Å². The molecule has 0 aromatic heterocycles. The molecule has 0 aliphatic carbocycles. The smallest absolute Gasteiger partial charge is 0.328 e. The van der Waals surface area contributed by atoms with Crippen LogP contribution in [0.3, 0.4) is 0 Å². The number of rotatable bonds is 2. The minimum atomic E-state index is -1.28.